The Morgan fingerprint density at radius 2 is 1.00 bits per heavy atom. The van der Waals surface area contributed by atoms with Crippen LogP contribution < -0.4 is 14.0 Å². The summed E-state index contributed by atoms with van der Waals surface area (Å²) in [5, 5.41) is 22.8. The van der Waals surface area contributed by atoms with Gasteiger partial charge in [-0.3, -0.25) is 0 Å². The molecule has 7 nitrogen and oxygen atoms in total. The third kappa shape index (κ3) is 7.30. The molecule has 0 bridgehead atoms. The number of aromatic carboxylic acids is 2. The molecule has 0 aliphatic heterocycles. The topological polar surface area (TPSA) is 115 Å². The molecular formula is C32H21AlN2O5. The van der Waals surface area contributed by atoms with Crippen LogP contribution in [0.15, 0.2) is 127 Å². The van der Waals surface area contributed by atoms with Gasteiger partial charge in [-0.2, -0.15) is 0 Å². The molecular weight excluding hydrogens is 519 g/mol. The Bertz CT molecular complexity index is 1670. The summed E-state index contributed by atoms with van der Waals surface area (Å²) in [6, 6.07) is 39.2. The Kier molecular flexibility index (Phi) is 9.57. The Balaban J connectivity index is 0.000000139. The molecule has 0 unspecified atom stereocenters. The quantitative estimate of drug-likeness (QED) is 0.310. The molecule has 0 aliphatic carbocycles. The average Bonchev–Trinajstić information content (AvgIpc) is 3.01. The number of fused-ring (bicyclic) bond motifs is 2. The summed E-state index contributed by atoms with van der Waals surface area (Å²) >= 11 is 2.28. The molecule has 0 aliphatic rings. The SMILES string of the molecule is O=C([O-])c1ccc2ccccc2n1.O=C([O-])c1ccc2ccccc2n1.[Al+2][O]c1ccccc1-c1ccccc1. The van der Waals surface area contributed by atoms with Crippen molar-refractivity contribution >= 4 is 50.4 Å². The van der Waals surface area contributed by atoms with Crippen LogP contribution in [-0.4, -0.2) is 38.5 Å². The van der Waals surface area contributed by atoms with Gasteiger partial charge in [-0.1, -0.05) is 48.5 Å². The van der Waals surface area contributed by atoms with E-state index in [0.29, 0.717) is 11.0 Å². The number of nitrogens with zero attached hydrogens (tertiary/aromatic N) is 2. The molecule has 192 valence electrons. The second kappa shape index (κ2) is 13.7. The van der Waals surface area contributed by atoms with Crippen LogP contribution in [0.5, 0.6) is 5.75 Å². The van der Waals surface area contributed by atoms with Gasteiger partial charge in [0.15, 0.2) is 0 Å². The van der Waals surface area contributed by atoms with Gasteiger partial charge in [0.1, 0.15) is 0 Å². The number of rotatable bonds is 4. The van der Waals surface area contributed by atoms with E-state index in [4.69, 9.17) is 3.79 Å². The van der Waals surface area contributed by atoms with E-state index in [0.717, 1.165) is 22.1 Å². The van der Waals surface area contributed by atoms with Crippen molar-refractivity contribution in [3.05, 3.63) is 139 Å². The van der Waals surface area contributed by atoms with Crippen molar-refractivity contribution in [1.29, 1.82) is 0 Å². The number of benzene rings is 4. The fourth-order valence-corrected chi connectivity index (χ4v) is 3.99. The Morgan fingerprint density at radius 3 is 1.50 bits per heavy atom. The first kappa shape index (κ1) is 28.0. The number of carbonyl (C=O) groups is 2. The number of para-hydroxylation sites is 3. The van der Waals surface area contributed by atoms with Gasteiger partial charge in [0.05, 0.1) is 34.4 Å². The van der Waals surface area contributed by atoms with E-state index in [1.165, 1.54) is 17.7 Å². The molecule has 0 atom stereocenters. The van der Waals surface area contributed by atoms with E-state index in [-0.39, 0.29) is 11.4 Å². The second-order valence-electron chi connectivity index (χ2n) is 8.33. The molecule has 4 aromatic carbocycles. The van der Waals surface area contributed by atoms with Gasteiger partial charge in [-0.05, 0) is 24.3 Å². The fraction of sp³-hybridized carbons (Fsp3) is 0. The molecule has 0 saturated heterocycles. The van der Waals surface area contributed by atoms with Gasteiger partial charge >= 0.3 is 91.9 Å². The third-order valence-electron chi connectivity index (χ3n) is 5.71. The molecule has 0 spiro atoms. The zero-order valence-electron chi connectivity index (χ0n) is 21.1. The van der Waals surface area contributed by atoms with Crippen LogP contribution in [0, 0.1) is 0 Å². The summed E-state index contributed by atoms with van der Waals surface area (Å²) in [6.07, 6.45) is 0. The van der Waals surface area contributed by atoms with Crippen LogP contribution in [0.1, 0.15) is 21.0 Å². The first-order chi connectivity index (χ1) is 19.5. The molecule has 6 aromatic rings. The number of carboxylic acid groups (broad SMARTS) is 2. The van der Waals surface area contributed by atoms with Crippen molar-refractivity contribution in [2.24, 2.45) is 0 Å². The summed E-state index contributed by atoms with van der Waals surface area (Å²) in [7, 11) is 0. The van der Waals surface area contributed by atoms with E-state index in [1.807, 2.05) is 72.8 Å². The minimum atomic E-state index is -1.24. The maximum absolute atomic E-state index is 10.5. The summed E-state index contributed by atoms with van der Waals surface area (Å²) in [5.41, 5.74) is 3.57. The van der Waals surface area contributed by atoms with Crippen LogP contribution in [-0.2, 0) is 0 Å². The Morgan fingerprint density at radius 1 is 0.550 bits per heavy atom. The summed E-state index contributed by atoms with van der Waals surface area (Å²) in [4.78, 5) is 28.8. The van der Waals surface area contributed by atoms with Gasteiger partial charge in [0, 0.05) is 10.8 Å². The van der Waals surface area contributed by atoms with Crippen LogP contribution in [0.4, 0.5) is 0 Å². The number of hydrogen-bond acceptors (Lipinski definition) is 7. The van der Waals surface area contributed by atoms with E-state index in [2.05, 4.69) is 44.8 Å². The van der Waals surface area contributed by atoms with Crippen LogP contribution >= 0.6 is 0 Å². The van der Waals surface area contributed by atoms with Crippen LogP contribution in [0.25, 0.3) is 32.9 Å². The molecule has 2 aromatic heterocycles. The van der Waals surface area contributed by atoms with Crippen LogP contribution in [0.2, 0.25) is 0 Å². The Hall–Kier alpha value is -5.03. The maximum atomic E-state index is 10.5. The molecule has 0 amide bonds. The van der Waals surface area contributed by atoms with E-state index >= 15 is 0 Å². The predicted molar refractivity (Wildman–Crippen MR) is 150 cm³/mol. The van der Waals surface area contributed by atoms with Crippen molar-refractivity contribution in [2.75, 3.05) is 0 Å². The van der Waals surface area contributed by atoms with Crippen molar-refractivity contribution in [2.45, 2.75) is 0 Å². The van der Waals surface area contributed by atoms with Crippen LogP contribution in [0.3, 0.4) is 0 Å². The molecule has 0 N–H and O–H groups in total. The monoisotopic (exact) mass is 540 g/mol. The molecule has 8 heteroatoms. The van der Waals surface area contributed by atoms with Gasteiger partial charge in [-0.25, -0.2) is 9.97 Å². The Labute approximate surface area is 239 Å². The first-order valence-corrected chi connectivity index (χ1v) is 12.6. The number of aromatic nitrogens is 2. The molecule has 40 heavy (non-hydrogen) atoms. The van der Waals surface area contributed by atoms with Gasteiger partial charge in [0.25, 0.3) is 0 Å². The number of carboxylic acids is 2. The second-order valence-corrected chi connectivity index (χ2v) is 8.57. The van der Waals surface area contributed by atoms with Crippen molar-refractivity contribution in [1.82, 2.24) is 9.97 Å². The molecule has 0 saturated carbocycles. The van der Waals surface area contributed by atoms with Crippen molar-refractivity contribution < 1.29 is 23.6 Å². The number of carbonyl (C=O) groups excluding carboxylic acids is 2. The predicted octanol–water partition coefficient (Wildman–Crippen LogP) is 4.01. The molecule has 0 radical (unpaired) electrons. The zero-order chi connectivity index (χ0) is 28.3. The van der Waals surface area contributed by atoms with E-state index in [1.54, 1.807) is 24.3 Å². The zero-order valence-corrected chi connectivity index (χ0v) is 22.3. The van der Waals surface area contributed by atoms with Gasteiger partial charge < -0.3 is 19.8 Å². The number of pyridine rings is 2. The third-order valence-corrected chi connectivity index (χ3v) is 5.97. The van der Waals surface area contributed by atoms with E-state index < -0.39 is 11.9 Å². The number of hydrogen-bond donors (Lipinski definition) is 0. The average molecular weight is 541 g/mol. The summed E-state index contributed by atoms with van der Waals surface area (Å²) in [5.74, 6) is -1.61. The molecule has 2 heterocycles. The van der Waals surface area contributed by atoms with Crippen molar-refractivity contribution in [3.63, 3.8) is 0 Å². The standard InChI is InChI=1S/C12H10O.2C10H7NO2.Al/c13-12-9-5-4-8-11(12)10-6-2-1-3-7-10;2*12-10(13)9-6-5-7-3-1-2-4-8(7)11-9;/h1-9,13H;2*1-6H,(H,12,13);/q;;;+3/p-3. The van der Waals surface area contributed by atoms with Gasteiger partial charge in [-0.15, -0.1) is 0 Å². The summed E-state index contributed by atoms with van der Waals surface area (Å²) in [6.45, 7) is 0. The summed E-state index contributed by atoms with van der Waals surface area (Å²) < 4.78 is 5.22. The van der Waals surface area contributed by atoms with E-state index in [9.17, 15) is 19.8 Å². The first-order valence-electron chi connectivity index (χ1n) is 12.1. The van der Waals surface area contributed by atoms with Crippen molar-refractivity contribution in [3.8, 4) is 16.9 Å². The minimum absolute atomic E-state index is 0.0290. The molecule has 6 rings (SSSR count). The van der Waals surface area contributed by atoms with Gasteiger partial charge in [0.2, 0.25) is 0 Å². The molecule has 0 fully saturated rings. The fourth-order valence-electron chi connectivity index (χ4n) is 3.79. The normalized spacial score (nSPS) is 10.1.